The highest BCUT2D eigenvalue weighted by Gasteiger charge is 2.21. The van der Waals surface area contributed by atoms with E-state index in [1.165, 1.54) is 16.5 Å². The van der Waals surface area contributed by atoms with Crippen LogP contribution in [-0.4, -0.2) is 36.0 Å². The molecule has 0 bridgehead atoms. The van der Waals surface area contributed by atoms with Crippen LogP contribution in [0.4, 0.5) is 0 Å². The number of fused-ring (bicyclic) bond motifs is 1. The highest BCUT2D eigenvalue weighted by molar-refractivity contribution is 5.95. The number of aryl methyl sites for hydroxylation is 3. The van der Waals surface area contributed by atoms with Crippen LogP contribution >= 0.6 is 0 Å². The maximum Gasteiger partial charge on any atom is 0.254 e. The number of hydrogen-bond acceptors (Lipinski definition) is 3. The van der Waals surface area contributed by atoms with E-state index in [4.69, 9.17) is 4.42 Å². The number of aromatic nitrogens is 1. The number of hydrogen-bond donors (Lipinski definition) is 1. The fourth-order valence-corrected chi connectivity index (χ4v) is 3.35. The van der Waals surface area contributed by atoms with E-state index in [2.05, 4.69) is 46.2 Å². The van der Waals surface area contributed by atoms with Crippen molar-refractivity contribution < 1.29 is 9.21 Å². The first-order chi connectivity index (χ1) is 11.9. The fraction of sp³-hybridized carbons (Fsp3) is 0.350. The number of carbonyl (C=O) groups is 1. The Morgan fingerprint density at radius 3 is 2.64 bits per heavy atom. The third-order valence-corrected chi connectivity index (χ3v) is 4.65. The molecule has 1 aromatic carbocycles. The maximum atomic E-state index is 12.5. The number of furan rings is 1. The standard InChI is InChI=1S/C20H25N3O2/c1-13-10-16(14(2)25-13)20(24)21-11-19(22(3)4)17-12-23(5)18-9-7-6-8-15(17)18/h6-10,12,19H,11H2,1-5H3,(H,21,24)/t19-/m0/s1. The van der Waals surface area contributed by atoms with E-state index in [1.807, 2.05) is 34.0 Å². The first-order valence-electron chi connectivity index (χ1n) is 8.44. The van der Waals surface area contributed by atoms with Crippen molar-refractivity contribution in [3.63, 3.8) is 0 Å². The molecule has 0 aliphatic carbocycles. The minimum absolute atomic E-state index is 0.0864. The van der Waals surface area contributed by atoms with Crippen molar-refractivity contribution in [1.82, 2.24) is 14.8 Å². The Balaban J connectivity index is 1.84. The fourth-order valence-electron chi connectivity index (χ4n) is 3.35. The molecule has 0 spiro atoms. The molecule has 3 rings (SSSR count). The summed E-state index contributed by atoms with van der Waals surface area (Å²) in [7, 11) is 6.12. The maximum absolute atomic E-state index is 12.5. The summed E-state index contributed by atoms with van der Waals surface area (Å²) in [4.78, 5) is 14.6. The molecule has 1 N–H and O–H groups in total. The second-order valence-electron chi connectivity index (χ2n) is 6.73. The van der Waals surface area contributed by atoms with Gasteiger partial charge in [0.15, 0.2) is 0 Å². The Morgan fingerprint density at radius 1 is 1.28 bits per heavy atom. The number of nitrogens with one attached hydrogen (secondary N) is 1. The summed E-state index contributed by atoms with van der Waals surface area (Å²) in [6, 6.07) is 10.2. The predicted molar refractivity (Wildman–Crippen MR) is 99.9 cm³/mol. The molecule has 0 fully saturated rings. The summed E-state index contributed by atoms with van der Waals surface area (Å²) in [6.07, 6.45) is 2.15. The van der Waals surface area contributed by atoms with E-state index < -0.39 is 0 Å². The lowest BCUT2D eigenvalue weighted by Gasteiger charge is -2.24. The first-order valence-corrected chi connectivity index (χ1v) is 8.44. The Kier molecular flexibility index (Phi) is 4.68. The van der Waals surface area contributed by atoms with Crippen molar-refractivity contribution in [2.45, 2.75) is 19.9 Å². The second kappa shape index (κ2) is 6.76. The molecule has 5 nitrogen and oxygen atoms in total. The molecular weight excluding hydrogens is 314 g/mol. The number of rotatable bonds is 5. The van der Waals surface area contributed by atoms with Gasteiger partial charge in [-0.1, -0.05) is 18.2 Å². The predicted octanol–water partition coefficient (Wildman–Crippen LogP) is 3.42. The Labute approximate surface area is 148 Å². The molecule has 5 heteroatoms. The SMILES string of the molecule is Cc1cc(C(=O)NC[C@@H](c2cn(C)c3ccccc23)N(C)C)c(C)o1. The topological polar surface area (TPSA) is 50.4 Å². The molecule has 25 heavy (non-hydrogen) atoms. The minimum Gasteiger partial charge on any atom is -0.466 e. The van der Waals surface area contributed by atoms with Crippen LogP contribution in [0.3, 0.4) is 0 Å². The van der Waals surface area contributed by atoms with Gasteiger partial charge in [-0.2, -0.15) is 0 Å². The molecule has 1 atom stereocenters. The van der Waals surface area contributed by atoms with Gasteiger partial charge >= 0.3 is 0 Å². The van der Waals surface area contributed by atoms with Crippen molar-refractivity contribution in [3.8, 4) is 0 Å². The zero-order chi connectivity index (χ0) is 18.1. The van der Waals surface area contributed by atoms with Crippen LogP contribution in [0.15, 0.2) is 40.9 Å². The van der Waals surface area contributed by atoms with E-state index in [0.29, 0.717) is 17.9 Å². The van der Waals surface area contributed by atoms with Crippen LogP contribution in [0.25, 0.3) is 10.9 Å². The van der Waals surface area contributed by atoms with Gasteiger partial charge in [0, 0.05) is 30.7 Å². The molecule has 0 unspecified atom stereocenters. The molecule has 2 aromatic heterocycles. The lowest BCUT2D eigenvalue weighted by atomic mass is 10.0. The van der Waals surface area contributed by atoms with Crippen molar-refractivity contribution in [2.75, 3.05) is 20.6 Å². The van der Waals surface area contributed by atoms with Crippen LogP contribution in [0.1, 0.15) is 33.5 Å². The number of carbonyl (C=O) groups excluding carboxylic acids is 1. The Hall–Kier alpha value is -2.53. The largest absolute Gasteiger partial charge is 0.466 e. The van der Waals surface area contributed by atoms with Crippen molar-refractivity contribution in [1.29, 1.82) is 0 Å². The first kappa shape index (κ1) is 17.3. The average Bonchev–Trinajstić information content (AvgIpc) is 3.07. The van der Waals surface area contributed by atoms with Gasteiger partial charge in [0.25, 0.3) is 5.91 Å². The van der Waals surface area contributed by atoms with Gasteiger partial charge in [-0.25, -0.2) is 0 Å². The molecule has 1 amide bonds. The van der Waals surface area contributed by atoms with Gasteiger partial charge in [-0.3, -0.25) is 4.79 Å². The van der Waals surface area contributed by atoms with Crippen molar-refractivity contribution >= 4 is 16.8 Å². The normalized spacial score (nSPS) is 12.7. The number of nitrogens with zero attached hydrogens (tertiary/aromatic N) is 2. The van der Waals surface area contributed by atoms with Crippen LogP contribution in [0, 0.1) is 13.8 Å². The van der Waals surface area contributed by atoms with E-state index in [9.17, 15) is 4.79 Å². The monoisotopic (exact) mass is 339 g/mol. The van der Waals surface area contributed by atoms with E-state index in [1.54, 1.807) is 6.07 Å². The molecule has 132 valence electrons. The van der Waals surface area contributed by atoms with Gasteiger partial charge < -0.3 is 19.2 Å². The van der Waals surface area contributed by atoms with Gasteiger partial charge in [0.2, 0.25) is 0 Å². The van der Waals surface area contributed by atoms with Crippen LogP contribution < -0.4 is 5.32 Å². The van der Waals surface area contributed by atoms with Gasteiger partial charge in [0.1, 0.15) is 11.5 Å². The summed E-state index contributed by atoms with van der Waals surface area (Å²) in [5, 5.41) is 4.27. The van der Waals surface area contributed by atoms with Crippen molar-refractivity contribution in [2.24, 2.45) is 7.05 Å². The zero-order valence-electron chi connectivity index (χ0n) is 15.5. The molecule has 2 heterocycles. The third-order valence-electron chi connectivity index (χ3n) is 4.65. The van der Waals surface area contributed by atoms with E-state index in [0.717, 1.165) is 5.76 Å². The molecular formula is C20H25N3O2. The number of benzene rings is 1. The lowest BCUT2D eigenvalue weighted by molar-refractivity contribution is 0.0940. The Bertz CT molecular complexity index is 905. The molecule has 0 aliphatic heterocycles. The Morgan fingerprint density at radius 2 is 2.00 bits per heavy atom. The lowest BCUT2D eigenvalue weighted by Crippen LogP contribution is -2.34. The number of amides is 1. The van der Waals surface area contributed by atoms with Gasteiger partial charge in [-0.05, 0) is 45.6 Å². The molecule has 0 saturated heterocycles. The van der Waals surface area contributed by atoms with Crippen LogP contribution in [0.5, 0.6) is 0 Å². The quantitative estimate of drug-likeness (QED) is 0.775. The summed E-state index contributed by atoms with van der Waals surface area (Å²) in [6.45, 7) is 4.20. The minimum atomic E-state index is -0.0959. The highest BCUT2D eigenvalue weighted by atomic mass is 16.3. The molecule has 0 aliphatic rings. The molecule has 0 radical (unpaired) electrons. The van der Waals surface area contributed by atoms with E-state index >= 15 is 0 Å². The third kappa shape index (κ3) is 3.33. The summed E-state index contributed by atoms with van der Waals surface area (Å²) in [5.74, 6) is 1.31. The van der Waals surface area contributed by atoms with Gasteiger partial charge in [-0.15, -0.1) is 0 Å². The highest BCUT2D eigenvalue weighted by Crippen LogP contribution is 2.28. The smallest absolute Gasteiger partial charge is 0.254 e. The second-order valence-corrected chi connectivity index (χ2v) is 6.73. The van der Waals surface area contributed by atoms with Crippen LogP contribution in [-0.2, 0) is 7.05 Å². The summed E-state index contributed by atoms with van der Waals surface area (Å²) in [5.41, 5.74) is 3.01. The van der Waals surface area contributed by atoms with E-state index in [-0.39, 0.29) is 11.9 Å². The van der Waals surface area contributed by atoms with Crippen molar-refractivity contribution in [3.05, 3.63) is 59.2 Å². The van der Waals surface area contributed by atoms with Crippen LogP contribution in [0.2, 0.25) is 0 Å². The average molecular weight is 339 g/mol. The molecule has 3 aromatic rings. The zero-order valence-corrected chi connectivity index (χ0v) is 15.5. The van der Waals surface area contributed by atoms with Gasteiger partial charge in [0.05, 0.1) is 11.6 Å². The summed E-state index contributed by atoms with van der Waals surface area (Å²) >= 11 is 0. The molecule has 0 saturated carbocycles. The summed E-state index contributed by atoms with van der Waals surface area (Å²) < 4.78 is 7.59. The number of likely N-dealkylation sites (N-methyl/N-ethyl adjacent to an activating group) is 1. The number of para-hydroxylation sites is 1.